The van der Waals surface area contributed by atoms with Gasteiger partial charge in [0.2, 0.25) is 0 Å². The van der Waals surface area contributed by atoms with Crippen molar-refractivity contribution in [2.75, 3.05) is 30.4 Å². The van der Waals surface area contributed by atoms with Crippen molar-refractivity contribution < 1.29 is 0 Å². The van der Waals surface area contributed by atoms with Crippen molar-refractivity contribution in [1.82, 2.24) is 15.3 Å². The monoisotopic (exact) mass is 333 g/mol. The fourth-order valence-electron chi connectivity index (χ4n) is 3.13. The average Bonchev–Trinajstić information content (AvgIpc) is 3.38. The van der Waals surface area contributed by atoms with Crippen LogP contribution in [-0.4, -0.2) is 42.2 Å². The molecule has 2 aromatic rings. The van der Waals surface area contributed by atoms with E-state index in [1.807, 2.05) is 31.3 Å². The highest BCUT2D eigenvalue weighted by molar-refractivity contribution is 5.85. The summed E-state index contributed by atoms with van der Waals surface area (Å²) in [6.45, 7) is 2.06. The summed E-state index contributed by atoms with van der Waals surface area (Å²) in [6, 6.07) is 9.26. The second kappa shape index (κ2) is 6.89. The van der Waals surface area contributed by atoms with Crippen LogP contribution >= 0.6 is 12.4 Å². The molecule has 1 unspecified atom stereocenters. The molecule has 4 rings (SSSR count). The van der Waals surface area contributed by atoms with Crippen LogP contribution in [0.1, 0.15) is 25.7 Å². The number of benzene rings is 1. The molecule has 2 heterocycles. The Morgan fingerprint density at radius 1 is 1.04 bits per heavy atom. The summed E-state index contributed by atoms with van der Waals surface area (Å²) in [4.78, 5) is 12.2. The Labute approximate surface area is 143 Å². The highest BCUT2D eigenvalue weighted by atomic mass is 35.5. The van der Waals surface area contributed by atoms with Gasteiger partial charge in [-0.3, -0.25) is 0 Å². The van der Waals surface area contributed by atoms with Crippen LogP contribution in [0.3, 0.4) is 0 Å². The standard InChI is InChI=1S/C17H23N5.ClH/c1-18-13-5-4-10-22(11-13)17-16(19-12-8-9-12)20-14-6-2-3-7-15(14)21-17;/h2-3,6-7,12-13,18H,4-5,8-11H2,1H3,(H,19,20);1H. The number of likely N-dealkylation sites (N-methyl/N-ethyl adjacent to an activating group) is 1. The van der Waals surface area contributed by atoms with E-state index < -0.39 is 0 Å². The van der Waals surface area contributed by atoms with E-state index in [4.69, 9.17) is 9.97 Å². The van der Waals surface area contributed by atoms with Gasteiger partial charge in [-0.05, 0) is 44.9 Å². The van der Waals surface area contributed by atoms with Crippen LogP contribution in [0.25, 0.3) is 11.0 Å². The Morgan fingerprint density at radius 3 is 2.48 bits per heavy atom. The van der Waals surface area contributed by atoms with Gasteiger partial charge >= 0.3 is 0 Å². The van der Waals surface area contributed by atoms with Gasteiger partial charge in [0, 0.05) is 25.2 Å². The van der Waals surface area contributed by atoms with E-state index in [9.17, 15) is 0 Å². The molecular weight excluding hydrogens is 310 g/mol. The van der Waals surface area contributed by atoms with Crippen LogP contribution in [0.2, 0.25) is 0 Å². The minimum Gasteiger partial charge on any atom is -0.364 e. The molecule has 0 spiro atoms. The maximum absolute atomic E-state index is 4.92. The van der Waals surface area contributed by atoms with Gasteiger partial charge in [0.1, 0.15) is 0 Å². The lowest BCUT2D eigenvalue weighted by molar-refractivity contribution is 0.448. The van der Waals surface area contributed by atoms with Crippen molar-refractivity contribution in [1.29, 1.82) is 0 Å². The number of para-hydroxylation sites is 2. The maximum atomic E-state index is 4.92. The third kappa shape index (κ3) is 3.51. The molecule has 23 heavy (non-hydrogen) atoms. The van der Waals surface area contributed by atoms with Crippen molar-refractivity contribution >= 4 is 35.1 Å². The molecule has 0 bridgehead atoms. The molecule has 1 saturated heterocycles. The number of hydrogen-bond acceptors (Lipinski definition) is 5. The Morgan fingerprint density at radius 2 is 1.78 bits per heavy atom. The van der Waals surface area contributed by atoms with Gasteiger partial charge in [-0.25, -0.2) is 9.97 Å². The topological polar surface area (TPSA) is 53.1 Å². The number of halogens is 1. The zero-order valence-electron chi connectivity index (χ0n) is 13.5. The summed E-state index contributed by atoms with van der Waals surface area (Å²) in [5.41, 5.74) is 1.95. The normalized spacial score (nSPS) is 21.1. The van der Waals surface area contributed by atoms with Gasteiger partial charge in [0.25, 0.3) is 0 Å². The van der Waals surface area contributed by atoms with Crippen molar-refractivity contribution in [3.8, 4) is 0 Å². The van der Waals surface area contributed by atoms with Crippen molar-refractivity contribution in [3.63, 3.8) is 0 Å². The summed E-state index contributed by atoms with van der Waals surface area (Å²) in [7, 11) is 2.05. The first-order chi connectivity index (χ1) is 10.8. The second-order valence-corrected chi connectivity index (χ2v) is 6.38. The first-order valence-corrected chi connectivity index (χ1v) is 8.29. The number of aromatic nitrogens is 2. The number of piperidine rings is 1. The predicted molar refractivity (Wildman–Crippen MR) is 97.7 cm³/mol. The molecule has 1 saturated carbocycles. The molecule has 1 atom stereocenters. The molecule has 2 fully saturated rings. The first-order valence-electron chi connectivity index (χ1n) is 8.29. The lowest BCUT2D eigenvalue weighted by Gasteiger charge is -2.34. The third-order valence-electron chi connectivity index (χ3n) is 4.60. The summed E-state index contributed by atoms with van der Waals surface area (Å²) in [5.74, 6) is 1.98. The average molecular weight is 334 g/mol. The molecule has 1 aliphatic carbocycles. The third-order valence-corrected chi connectivity index (χ3v) is 4.60. The largest absolute Gasteiger partial charge is 0.364 e. The Kier molecular flexibility index (Phi) is 4.87. The zero-order chi connectivity index (χ0) is 14.9. The van der Waals surface area contributed by atoms with Gasteiger partial charge in [-0.1, -0.05) is 12.1 Å². The summed E-state index contributed by atoms with van der Waals surface area (Å²) < 4.78 is 0. The van der Waals surface area contributed by atoms with Crippen LogP contribution in [0.4, 0.5) is 11.6 Å². The fraction of sp³-hybridized carbons (Fsp3) is 0.529. The van der Waals surface area contributed by atoms with E-state index in [2.05, 4.69) is 15.5 Å². The van der Waals surface area contributed by atoms with Crippen LogP contribution in [0, 0.1) is 0 Å². The number of rotatable bonds is 4. The smallest absolute Gasteiger partial charge is 0.172 e. The lowest BCUT2D eigenvalue weighted by atomic mass is 10.1. The van der Waals surface area contributed by atoms with Crippen molar-refractivity contribution in [3.05, 3.63) is 24.3 Å². The first kappa shape index (κ1) is 16.3. The number of nitrogens with one attached hydrogen (secondary N) is 2. The van der Waals surface area contributed by atoms with E-state index in [-0.39, 0.29) is 12.4 Å². The Hall–Kier alpha value is -1.59. The van der Waals surface area contributed by atoms with Gasteiger partial charge < -0.3 is 15.5 Å². The van der Waals surface area contributed by atoms with E-state index in [1.54, 1.807) is 0 Å². The zero-order valence-corrected chi connectivity index (χ0v) is 14.3. The summed E-state index contributed by atoms with van der Waals surface area (Å²) in [6.07, 6.45) is 4.92. The quantitative estimate of drug-likeness (QED) is 0.901. The Bertz CT molecular complexity index is 673. The molecular formula is C17H24ClN5. The Balaban J connectivity index is 0.00000156. The molecule has 1 aromatic carbocycles. The molecule has 5 nitrogen and oxygen atoms in total. The number of anilines is 2. The van der Waals surface area contributed by atoms with E-state index in [1.165, 1.54) is 25.7 Å². The van der Waals surface area contributed by atoms with E-state index in [0.717, 1.165) is 35.8 Å². The minimum absolute atomic E-state index is 0. The molecule has 1 aliphatic heterocycles. The predicted octanol–water partition coefficient (Wildman–Crippen LogP) is 2.81. The van der Waals surface area contributed by atoms with Crippen molar-refractivity contribution in [2.24, 2.45) is 0 Å². The second-order valence-electron chi connectivity index (χ2n) is 6.38. The van der Waals surface area contributed by atoms with Crippen LogP contribution in [-0.2, 0) is 0 Å². The molecule has 6 heteroatoms. The number of nitrogens with zero attached hydrogens (tertiary/aromatic N) is 3. The maximum Gasteiger partial charge on any atom is 0.172 e. The summed E-state index contributed by atoms with van der Waals surface area (Å²) >= 11 is 0. The van der Waals surface area contributed by atoms with Crippen LogP contribution < -0.4 is 15.5 Å². The van der Waals surface area contributed by atoms with Gasteiger partial charge in [0.15, 0.2) is 11.6 Å². The molecule has 0 radical (unpaired) electrons. The number of fused-ring (bicyclic) bond motifs is 1. The highest BCUT2D eigenvalue weighted by Gasteiger charge is 2.27. The molecule has 2 aliphatic rings. The highest BCUT2D eigenvalue weighted by Crippen LogP contribution is 2.31. The minimum atomic E-state index is 0. The SMILES string of the molecule is CNC1CCCN(c2nc3ccccc3nc2NC2CC2)C1.Cl. The molecule has 2 N–H and O–H groups in total. The lowest BCUT2D eigenvalue weighted by Crippen LogP contribution is -2.45. The molecule has 1 aromatic heterocycles. The summed E-state index contributed by atoms with van der Waals surface area (Å²) in [5, 5.41) is 6.97. The molecule has 0 amide bonds. The fourth-order valence-corrected chi connectivity index (χ4v) is 3.13. The van der Waals surface area contributed by atoms with Crippen LogP contribution in [0.5, 0.6) is 0 Å². The number of hydrogen-bond donors (Lipinski definition) is 2. The van der Waals surface area contributed by atoms with E-state index >= 15 is 0 Å². The van der Waals surface area contributed by atoms with Gasteiger partial charge in [-0.15, -0.1) is 12.4 Å². The van der Waals surface area contributed by atoms with Crippen molar-refractivity contribution in [2.45, 2.75) is 37.8 Å². The molecule has 124 valence electrons. The van der Waals surface area contributed by atoms with Gasteiger partial charge in [0.05, 0.1) is 11.0 Å². The van der Waals surface area contributed by atoms with E-state index in [0.29, 0.717) is 12.1 Å². The van der Waals surface area contributed by atoms with Gasteiger partial charge in [-0.2, -0.15) is 0 Å². The van der Waals surface area contributed by atoms with Crippen LogP contribution in [0.15, 0.2) is 24.3 Å².